The van der Waals surface area contributed by atoms with Crippen molar-refractivity contribution in [2.75, 3.05) is 6.61 Å². The number of fused-ring (bicyclic) bond motifs is 1. The second kappa shape index (κ2) is 10.2. The molecule has 158 valence electrons. The molecule has 0 amide bonds. The molecule has 0 atom stereocenters. The minimum atomic E-state index is -3.06. The molecule has 0 spiro atoms. The lowest BCUT2D eigenvalue weighted by Crippen LogP contribution is -2.05. The third-order valence-electron chi connectivity index (χ3n) is 4.91. The highest BCUT2D eigenvalue weighted by Gasteiger charge is 2.19. The Morgan fingerprint density at radius 2 is 1.80 bits per heavy atom. The number of halogens is 3. The van der Waals surface area contributed by atoms with E-state index in [0.29, 0.717) is 22.1 Å². The minimum absolute atomic E-state index is 0.0302. The normalized spacial score (nSPS) is 11.1. The van der Waals surface area contributed by atoms with Crippen molar-refractivity contribution < 1.29 is 22.6 Å². The first-order chi connectivity index (χ1) is 14.5. The van der Waals surface area contributed by atoms with Crippen molar-refractivity contribution in [1.82, 2.24) is 0 Å². The van der Waals surface area contributed by atoms with Gasteiger partial charge in [-0.15, -0.1) is 0 Å². The first kappa shape index (κ1) is 21.8. The van der Waals surface area contributed by atoms with E-state index in [1.54, 1.807) is 36.4 Å². The largest absolute Gasteiger partial charge is 0.490 e. The van der Waals surface area contributed by atoms with Crippen LogP contribution in [0.25, 0.3) is 21.9 Å². The summed E-state index contributed by atoms with van der Waals surface area (Å²) < 4.78 is 51.7. The number of benzene rings is 3. The van der Waals surface area contributed by atoms with Crippen molar-refractivity contribution >= 4 is 10.8 Å². The molecule has 3 rings (SSSR count). The fourth-order valence-electron chi connectivity index (χ4n) is 3.44. The van der Waals surface area contributed by atoms with Crippen LogP contribution in [0, 0.1) is 5.82 Å². The van der Waals surface area contributed by atoms with Crippen molar-refractivity contribution in [3.8, 4) is 22.6 Å². The zero-order valence-electron chi connectivity index (χ0n) is 17.0. The Balaban J connectivity index is 2.03. The summed E-state index contributed by atoms with van der Waals surface area (Å²) in [4.78, 5) is 0. The average molecular weight is 414 g/mol. The fourth-order valence-corrected chi connectivity index (χ4v) is 3.44. The molecule has 0 bridgehead atoms. The number of unbranched alkanes of at least 4 members (excludes halogenated alkanes) is 2. The molecule has 0 aliphatic carbocycles. The smallest absolute Gasteiger partial charge is 0.387 e. The van der Waals surface area contributed by atoms with E-state index in [2.05, 4.69) is 18.2 Å². The highest BCUT2D eigenvalue weighted by Crippen LogP contribution is 2.39. The summed E-state index contributed by atoms with van der Waals surface area (Å²) in [6.07, 6.45) is 5.88. The molecular weight excluding hydrogens is 389 g/mol. The summed E-state index contributed by atoms with van der Waals surface area (Å²) in [7, 11) is 0. The highest BCUT2D eigenvalue weighted by molar-refractivity contribution is 5.92. The van der Waals surface area contributed by atoms with E-state index >= 15 is 4.39 Å². The molecule has 3 aromatic rings. The van der Waals surface area contributed by atoms with Gasteiger partial charge in [0.25, 0.3) is 0 Å². The number of hydrogen-bond acceptors (Lipinski definition) is 2. The first-order valence-electron chi connectivity index (χ1n) is 10.1. The van der Waals surface area contributed by atoms with Crippen molar-refractivity contribution in [2.24, 2.45) is 0 Å². The van der Waals surface area contributed by atoms with E-state index < -0.39 is 12.4 Å². The molecule has 0 fully saturated rings. The van der Waals surface area contributed by atoms with E-state index in [1.807, 2.05) is 12.1 Å². The van der Waals surface area contributed by atoms with Gasteiger partial charge in [0, 0.05) is 5.39 Å². The van der Waals surface area contributed by atoms with E-state index in [0.717, 1.165) is 31.2 Å². The molecule has 2 nitrogen and oxygen atoms in total. The molecule has 0 N–H and O–H groups in total. The Bertz CT molecular complexity index is 997. The molecule has 0 aliphatic rings. The van der Waals surface area contributed by atoms with Crippen LogP contribution in [0.5, 0.6) is 11.5 Å². The summed E-state index contributed by atoms with van der Waals surface area (Å²) in [5.74, 6) is -0.305. The standard InChI is InChI=1S/C25H25F3O2/c1-3-5-6-7-17-8-10-18(11-9-17)23-22(30-25(27)28)16-19-15-20(29-14-4-2)12-13-21(19)24(23)26/h4,8-13,15-16,25H,2-3,5-7,14H2,1H3. The zero-order valence-corrected chi connectivity index (χ0v) is 17.0. The maximum absolute atomic E-state index is 15.4. The van der Waals surface area contributed by atoms with Crippen LogP contribution in [-0.4, -0.2) is 13.2 Å². The van der Waals surface area contributed by atoms with Crippen LogP contribution in [0.2, 0.25) is 0 Å². The maximum atomic E-state index is 15.4. The third kappa shape index (κ3) is 5.15. The van der Waals surface area contributed by atoms with Gasteiger partial charge in [-0.25, -0.2) is 4.39 Å². The summed E-state index contributed by atoms with van der Waals surface area (Å²) in [6.45, 7) is 2.95. The van der Waals surface area contributed by atoms with Gasteiger partial charge in [0.15, 0.2) is 0 Å². The van der Waals surface area contributed by atoms with Gasteiger partial charge in [0.1, 0.15) is 23.9 Å². The van der Waals surface area contributed by atoms with Gasteiger partial charge >= 0.3 is 6.61 Å². The van der Waals surface area contributed by atoms with E-state index in [4.69, 9.17) is 4.74 Å². The predicted octanol–water partition coefficient (Wildman–Crippen LogP) is 7.54. The minimum Gasteiger partial charge on any atom is -0.490 e. The molecule has 0 unspecified atom stereocenters. The van der Waals surface area contributed by atoms with Gasteiger partial charge in [0.2, 0.25) is 0 Å². The van der Waals surface area contributed by atoms with E-state index in [1.165, 1.54) is 6.07 Å². The number of rotatable bonds is 10. The molecule has 0 heterocycles. The highest BCUT2D eigenvalue weighted by atomic mass is 19.3. The molecule has 5 heteroatoms. The maximum Gasteiger partial charge on any atom is 0.387 e. The lowest BCUT2D eigenvalue weighted by atomic mass is 9.97. The Kier molecular flexibility index (Phi) is 7.39. The lowest BCUT2D eigenvalue weighted by Gasteiger charge is -2.15. The SMILES string of the molecule is C=CCOc1ccc2c(F)c(-c3ccc(CCCCC)cc3)c(OC(F)F)cc2c1. The van der Waals surface area contributed by atoms with E-state index in [-0.39, 0.29) is 17.9 Å². The molecule has 0 saturated heterocycles. The number of alkyl halides is 2. The van der Waals surface area contributed by atoms with Crippen molar-refractivity contribution in [2.45, 2.75) is 39.2 Å². The average Bonchev–Trinajstić information content (AvgIpc) is 2.73. The van der Waals surface area contributed by atoms with Crippen LogP contribution in [0.15, 0.2) is 61.2 Å². The van der Waals surface area contributed by atoms with Crippen LogP contribution in [0.4, 0.5) is 13.2 Å². The number of ether oxygens (including phenoxy) is 2. The quantitative estimate of drug-likeness (QED) is 0.252. The summed E-state index contributed by atoms with van der Waals surface area (Å²) in [6, 6.07) is 13.6. The van der Waals surface area contributed by atoms with Gasteiger partial charge in [-0.1, -0.05) is 56.7 Å². The summed E-state index contributed by atoms with van der Waals surface area (Å²) >= 11 is 0. The van der Waals surface area contributed by atoms with E-state index in [9.17, 15) is 8.78 Å². The van der Waals surface area contributed by atoms with Crippen molar-refractivity contribution in [1.29, 1.82) is 0 Å². The van der Waals surface area contributed by atoms with Crippen molar-refractivity contribution in [3.05, 3.63) is 72.6 Å². The third-order valence-corrected chi connectivity index (χ3v) is 4.91. The Morgan fingerprint density at radius 3 is 2.47 bits per heavy atom. The topological polar surface area (TPSA) is 18.5 Å². The molecule has 0 saturated carbocycles. The molecular formula is C25H25F3O2. The molecule has 0 radical (unpaired) electrons. The molecule has 0 aliphatic heterocycles. The lowest BCUT2D eigenvalue weighted by molar-refractivity contribution is -0.0494. The number of hydrogen-bond donors (Lipinski definition) is 0. The molecule has 30 heavy (non-hydrogen) atoms. The van der Waals surface area contributed by atoms with Gasteiger partial charge in [-0.05, 0) is 53.6 Å². The summed E-state index contributed by atoms with van der Waals surface area (Å²) in [5.41, 5.74) is 1.66. The second-order valence-corrected chi connectivity index (χ2v) is 7.08. The van der Waals surface area contributed by atoms with Crippen LogP contribution in [0.3, 0.4) is 0 Å². The molecule has 0 aromatic heterocycles. The first-order valence-corrected chi connectivity index (χ1v) is 10.1. The Morgan fingerprint density at radius 1 is 1.03 bits per heavy atom. The Labute approximate surface area is 174 Å². The zero-order chi connectivity index (χ0) is 21.5. The number of aryl methyl sites for hydroxylation is 1. The predicted molar refractivity (Wildman–Crippen MR) is 115 cm³/mol. The summed E-state index contributed by atoms with van der Waals surface area (Å²) in [5, 5.41) is 0.731. The van der Waals surface area contributed by atoms with Crippen LogP contribution >= 0.6 is 0 Å². The van der Waals surface area contributed by atoms with Gasteiger partial charge in [0.05, 0.1) is 5.56 Å². The second-order valence-electron chi connectivity index (χ2n) is 7.08. The van der Waals surface area contributed by atoms with Crippen LogP contribution in [0.1, 0.15) is 31.7 Å². The van der Waals surface area contributed by atoms with Gasteiger partial charge in [-0.3, -0.25) is 0 Å². The monoisotopic (exact) mass is 414 g/mol. The van der Waals surface area contributed by atoms with Gasteiger partial charge in [-0.2, -0.15) is 8.78 Å². The molecule has 3 aromatic carbocycles. The Hall–Kier alpha value is -2.95. The van der Waals surface area contributed by atoms with Gasteiger partial charge < -0.3 is 9.47 Å². The fraction of sp³-hybridized carbons (Fsp3) is 0.280. The van der Waals surface area contributed by atoms with Crippen molar-refractivity contribution in [3.63, 3.8) is 0 Å². The van der Waals surface area contributed by atoms with Crippen LogP contribution < -0.4 is 9.47 Å². The van der Waals surface area contributed by atoms with Crippen LogP contribution in [-0.2, 0) is 6.42 Å².